The molecule has 0 radical (unpaired) electrons. The molecule has 6 aromatic rings. The van der Waals surface area contributed by atoms with Gasteiger partial charge in [0.1, 0.15) is 17.5 Å². The van der Waals surface area contributed by atoms with Crippen LogP contribution in [-0.4, -0.2) is 96.0 Å². The van der Waals surface area contributed by atoms with Crippen molar-refractivity contribution in [2.24, 2.45) is 0 Å². The standard InChI is InChI=1S/C22H23F3N4O2S2.C20H21FN4O2S2/c1-15-6-8-17(9-7-15)12-20-26-21(32-27-20)28-10-11-29(16(2)14-28)33(30,31)19-5-3-4-18(13-19)22(23,24)25;1-15-2-4-16(5-3-15)14-19-22-20(28-23-19)24-10-12-25(13-11-24)29(26,27)18-8-6-17(21)7-9-18/h3-9,13,16H,10-12,14H2,1-2H3;2-9H,10-14H2,1H3. The van der Waals surface area contributed by atoms with Gasteiger partial charge < -0.3 is 9.80 Å². The van der Waals surface area contributed by atoms with Crippen LogP contribution in [0.3, 0.4) is 0 Å². The van der Waals surface area contributed by atoms with E-state index in [-0.39, 0.29) is 16.3 Å². The number of nitrogens with zero attached hydrogens (tertiary/aromatic N) is 8. The Balaban J connectivity index is 0.000000188. The summed E-state index contributed by atoms with van der Waals surface area (Å²) in [5, 5.41) is 1.52. The molecule has 0 saturated carbocycles. The van der Waals surface area contributed by atoms with Gasteiger partial charge in [-0.2, -0.15) is 30.5 Å². The van der Waals surface area contributed by atoms with E-state index in [1.165, 1.54) is 73.1 Å². The zero-order valence-corrected chi connectivity index (χ0v) is 37.3. The maximum Gasteiger partial charge on any atom is 0.416 e. The van der Waals surface area contributed by atoms with Crippen LogP contribution in [0.15, 0.2) is 107 Å². The minimum atomic E-state index is -4.61. The third-order valence-corrected chi connectivity index (χ3v) is 16.0. The molecule has 20 heteroatoms. The Morgan fingerprint density at radius 2 is 1.16 bits per heavy atom. The molecule has 4 aromatic carbocycles. The molecule has 1 unspecified atom stereocenters. The lowest BCUT2D eigenvalue weighted by Crippen LogP contribution is -2.54. The quantitative estimate of drug-likeness (QED) is 0.128. The van der Waals surface area contributed by atoms with Crippen molar-refractivity contribution in [2.45, 2.75) is 55.6 Å². The van der Waals surface area contributed by atoms with Gasteiger partial charge in [-0.3, -0.25) is 0 Å². The molecule has 2 fully saturated rings. The second-order valence-corrected chi connectivity index (χ2v) is 20.4. The minimum Gasteiger partial charge on any atom is -0.344 e. The molecule has 12 nitrogen and oxygen atoms in total. The summed E-state index contributed by atoms with van der Waals surface area (Å²) in [6.07, 6.45) is -3.32. The van der Waals surface area contributed by atoms with Gasteiger partial charge in [0, 0.05) is 87.8 Å². The molecule has 2 aromatic heterocycles. The second kappa shape index (κ2) is 18.9. The first-order valence-electron chi connectivity index (χ1n) is 19.7. The van der Waals surface area contributed by atoms with Crippen molar-refractivity contribution in [1.82, 2.24) is 27.3 Å². The number of anilines is 2. The van der Waals surface area contributed by atoms with E-state index < -0.39 is 43.6 Å². The zero-order chi connectivity index (χ0) is 44.2. The van der Waals surface area contributed by atoms with Crippen molar-refractivity contribution < 1.29 is 34.4 Å². The van der Waals surface area contributed by atoms with Gasteiger partial charge in [0.05, 0.1) is 15.4 Å². The third-order valence-electron chi connectivity index (χ3n) is 10.4. The molecular formula is C42H44F4N8O4S4. The molecule has 2 aliphatic rings. The van der Waals surface area contributed by atoms with E-state index in [0.717, 1.165) is 34.2 Å². The average molecular weight is 929 g/mol. The van der Waals surface area contributed by atoms with E-state index in [0.29, 0.717) is 69.1 Å². The molecule has 8 rings (SSSR count). The normalized spacial score (nSPS) is 16.9. The van der Waals surface area contributed by atoms with Gasteiger partial charge in [0.15, 0.2) is 0 Å². The van der Waals surface area contributed by atoms with Gasteiger partial charge in [0.2, 0.25) is 30.3 Å². The van der Waals surface area contributed by atoms with Crippen LogP contribution in [0.5, 0.6) is 0 Å². The first kappa shape index (κ1) is 45.2. The van der Waals surface area contributed by atoms with Crippen LogP contribution in [-0.2, 0) is 39.1 Å². The summed E-state index contributed by atoms with van der Waals surface area (Å²) in [7, 11) is -7.68. The maximum atomic E-state index is 13.1. The summed E-state index contributed by atoms with van der Waals surface area (Å²) in [6, 6.07) is 24.8. The van der Waals surface area contributed by atoms with Gasteiger partial charge in [-0.15, -0.1) is 0 Å². The lowest BCUT2D eigenvalue weighted by Gasteiger charge is -2.38. The molecule has 2 aliphatic heterocycles. The molecule has 4 heterocycles. The van der Waals surface area contributed by atoms with Gasteiger partial charge >= 0.3 is 6.18 Å². The van der Waals surface area contributed by atoms with Gasteiger partial charge in [-0.1, -0.05) is 65.7 Å². The zero-order valence-electron chi connectivity index (χ0n) is 34.0. The number of hydrogen-bond acceptors (Lipinski definition) is 12. The van der Waals surface area contributed by atoms with E-state index in [4.69, 9.17) is 0 Å². The highest BCUT2D eigenvalue weighted by Crippen LogP contribution is 2.33. The molecule has 0 aliphatic carbocycles. The van der Waals surface area contributed by atoms with Crippen LogP contribution in [0.25, 0.3) is 0 Å². The molecule has 0 amide bonds. The maximum absolute atomic E-state index is 13.1. The summed E-state index contributed by atoms with van der Waals surface area (Å²) in [4.78, 5) is 13.0. The number of aromatic nitrogens is 4. The number of hydrogen-bond donors (Lipinski definition) is 0. The summed E-state index contributed by atoms with van der Waals surface area (Å²) in [5.74, 6) is 1.02. The van der Waals surface area contributed by atoms with Crippen LogP contribution in [0, 0.1) is 19.7 Å². The Kier molecular flexibility index (Phi) is 13.7. The smallest absolute Gasteiger partial charge is 0.344 e. The summed E-state index contributed by atoms with van der Waals surface area (Å²) in [5.41, 5.74) is 3.68. The van der Waals surface area contributed by atoms with E-state index >= 15 is 0 Å². The largest absolute Gasteiger partial charge is 0.416 e. The van der Waals surface area contributed by atoms with Crippen molar-refractivity contribution in [3.8, 4) is 0 Å². The summed E-state index contributed by atoms with van der Waals surface area (Å²) >= 11 is 2.60. The number of alkyl halides is 3. The van der Waals surface area contributed by atoms with Crippen molar-refractivity contribution in [3.05, 3.63) is 142 Å². The van der Waals surface area contributed by atoms with Crippen molar-refractivity contribution in [2.75, 3.05) is 55.6 Å². The average Bonchev–Trinajstić information content (AvgIpc) is 3.93. The molecule has 1 atom stereocenters. The highest BCUT2D eigenvalue weighted by molar-refractivity contribution is 7.89. The Morgan fingerprint density at radius 3 is 1.68 bits per heavy atom. The Hall–Kier alpha value is -4.86. The highest BCUT2D eigenvalue weighted by atomic mass is 32.2. The number of benzene rings is 4. The predicted molar refractivity (Wildman–Crippen MR) is 232 cm³/mol. The van der Waals surface area contributed by atoms with Crippen LogP contribution in [0.1, 0.15) is 46.4 Å². The SMILES string of the molecule is Cc1ccc(Cc2nsc(N3CCN(S(=O)(=O)c4ccc(F)cc4)CC3)n2)cc1.Cc1ccc(Cc2nsc(N3CCN(S(=O)(=O)c4cccc(C(F)(F)F)c4)C(C)C3)n2)cc1. The Bertz CT molecular complexity index is 2670. The molecule has 2 saturated heterocycles. The molecular weight excluding hydrogens is 885 g/mol. The van der Waals surface area contributed by atoms with Crippen molar-refractivity contribution >= 4 is 53.4 Å². The minimum absolute atomic E-state index is 0.114. The fourth-order valence-corrected chi connectivity index (χ4v) is 11.5. The second-order valence-electron chi connectivity index (χ2n) is 15.1. The van der Waals surface area contributed by atoms with E-state index in [9.17, 15) is 34.4 Å². The number of halogens is 4. The van der Waals surface area contributed by atoms with Crippen LogP contribution in [0.4, 0.5) is 27.8 Å². The third kappa shape index (κ3) is 10.8. The van der Waals surface area contributed by atoms with Crippen molar-refractivity contribution in [1.29, 1.82) is 0 Å². The van der Waals surface area contributed by atoms with E-state index in [1.54, 1.807) is 6.92 Å². The lowest BCUT2D eigenvalue weighted by molar-refractivity contribution is -0.137. The van der Waals surface area contributed by atoms with Crippen molar-refractivity contribution in [3.63, 3.8) is 0 Å². The van der Waals surface area contributed by atoms with Crippen LogP contribution >= 0.6 is 23.1 Å². The first-order valence-corrected chi connectivity index (χ1v) is 24.1. The highest BCUT2D eigenvalue weighted by Gasteiger charge is 2.37. The Labute approximate surface area is 366 Å². The Morgan fingerprint density at radius 1 is 0.645 bits per heavy atom. The van der Waals surface area contributed by atoms with Gasteiger partial charge in [0.25, 0.3) is 0 Å². The number of piperazine rings is 2. The molecule has 0 N–H and O–H groups in total. The van der Waals surface area contributed by atoms with E-state index in [2.05, 4.69) is 54.8 Å². The van der Waals surface area contributed by atoms with Gasteiger partial charge in [-0.05, 0) is 74.4 Å². The monoisotopic (exact) mass is 928 g/mol. The molecule has 0 bridgehead atoms. The first-order chi connectivity index (χ1) is 29.4. The fraction of sp³-hybridized carbons (Fsp3) is 0.333. The van der Waals surface area contributed by atoms with E-state index in [1.807, 2.05) is 36.1 Å². The number of aryl methyl sites for hydroxylation is 2. The molecule has 0 spiro atoms. The fourth-order valence-electron chi connectivity index (χ4n) is 6.98. The van der Waals surface area contributed by atoms with Crippen LogP contribution < -0.4 is 9.80 Å². The molecule has 62 heavy (non-hydrogen) atoms. The van der Waals surface area contributed by atoms with Gasteiger partial charge in [-0.25, -0.2) is 31.2 Å². The number of sulfonamides is 2. The molecule has 328 valence electrons. The topological polar surface area (TPSA) is 133 Å². The number of rotatable bonds is 10. The summed E-state index contributed by atoms with van der Waals surface area (Å²) in [6.45, 7) is 8.51. The summed E-state index contributed by atoms with van der Waals surface area (Å²) < 4.78 is 115. The lowest BCUT2D eigenvalue weighted by atomic mass is 10.1. The van der Waals surface area contributed by atoms with Crippen LogP contribution in [0.2, 0.25) is 0 Å². The predicted octanol–water partition coefficient (Wildman–Crippen LogP) is 7.44.